The molecule has 0 bridgehead atoms. The molecule has 0 unspecified atom stereocenters. The summed E-state index contributed by atoms with van der Waals surface area (Å²) < 4.78 is 18.2. The van der Waals surface area contributed by atoms with Crippen LogP contribution in [0.1, 0.15) is 17.3 Å². The van der Waals surface area contributed by atoms with Crippen LogP contribution >= 0.6 is 12.2 Å². The average molecular weight is 318 g/mol. The van der Waals surface area contributed by atoms with Gasteiger partial charge < -0.3 is 10.1 Å². The van der Waals surface area contributed by atoms with E-state index in [1.165, 1.54) is 24.3 Å². The summed E-state index contributed by atoms with van der Waals surface area (Å²) in [5.74, 6) is -0.0939. The minimum Gasteiger partial charge on any atom is -0.494 e. The molecule has 0 aliphatic heterocycles. The third kappa shape index (κ3) is 4.53. The molecule has 0 aliphatic carbocycles. The number of rotatable bonds is 4. The van der Waals surface area contributed by atoms with Gasteiger partial charge in [-0.3, -0.25) is 10.1 Å². The molecular formula is C16H15FN2O2S. The highest BCUT2D eigenvalue weighted by Crippen LogP contribution is 2.17. The van der Waals surface area contributed by atoms with Gasteiger partial charge in [0.2, 0.25) is 0 Å². The van der Waals surface area contributed by atoms with Crippen LogP contribution in [0.2, 0.25) is 0 Å². The zero-order valence-corrected chi connectivity index (χ0v) is 12.7. The van der Waals surface area contributed by atoms with Gasteiger partial charge in [0.25, 0.3) is 5.91 Å². The maximum atomic E-state index is 12.8. The van der Waals surface area contributed by atoms with Gasteiger partial charge in [-0.2, -0.15) is 0 Å². The normalized spacial score (nSPS) is 9.91. The number of amides is 1. The van der Waals surface area contributed by atoms with Gasteiger partial charge in [0.1, 0.15) is 11.6 Å². The summed E-state index contributed by atoms with van der Waals surface area (Å²) in [7, 11) is 0. The number of anilines is 1. The van der Waals surface area contributed by atoms with Crippen molar-refractivity contribution in [1.29, 1.82) is 0 Å². The van der Waals surface area contributed by atoms with Crippen molar-refractivity contribution in [1.82, 2.24) is 5.32 Å². The lowest BCUT2D eigenvalue weighted by Gasteiger charge is -2.11. The predicted octanol–water partition coefficient (Wildman–Crippen LogP) is 3.35. The molecule has 1 amide bonds. The van der Waals surface area contributed by atoms with Crippen molar-refractivity contribution in [2.45, 2.75) is 6.92 Å². The predicted molar refractivity (Wildman–Crippen MR) is 87.7 cm³/mol. The van der Waals surface area contributed by atoms with Crippen LogP contribution in [0.25, 0.3) is 0 Å². The monoisotopic (exact) mass is 318 g/mol. The van der Waals surface area contributed by atoms with E-state index >= 15 is 0 Å². The molecule has 0 saturated heterocycles. The SMILES string of the molecule is CCOc1cccc(NC(=S)NC(=O)c2ccc(F)cc2)c1. The molecular weight excluding hydrogens is 303 g/mol. The number of thiocarbonyl (C=S) groups is 1. The first-order chi connectivity index (χ1) is 10.6. The van der Waals surface area contributed by atoms with E-state index in [2.05, 4.69) is 10.6 Å². The quantitative estimate of drug-likeness (QED) is 0.849. The second kappa shape index (κ2) is 7.51. The molecule has 2 rings (SSSR count). The summed E-state index contributed by atoms with van der Waals surface area (Å²) in [6.07, 6.45) is 0. The van der Waals surface area contributed by atoms with Crippen molar-refractivity contribution in [2.24, 2.45) is 0 Å². The summed E-state index contributed by atoms with van der Waals surface area (Å²) in [6, 6.07) is 12.4. The Labute approximate surface area is 133 Å². The van der Waals surface area contributed by atoms with Crippen LogP contribution in [0.3, 0.4) is 0 Å². The first kappa shape index (κ1) is 15.9. The molecule has 0 saturated carbocycles. The van der Waals surface area contributed by atoms with Crippen LogP contribution in [-0.4, -0.2) is 17.6 Å². The van der Waals surface area contributed by atoms with Gasteiger partial charge in [-0.1, -0.05) is 6.07 Å². The molecule has 114 valence electrons. The second-order valence-electron chi connectivity index (χ2n) is 4.38. The van der Waals surface area contributed by atoms with Crippen molar-refractivity contribution in [3.63, 3.8) is 0 Å². The Kier molecular flexibility index (Phi) is 5.43. The van der Waals surface area contributed by atoms with Crippen LogP contribution in [0.5, 0.6) is 5.75 Å². The zero-order valence-electron chi connectivity index (χ0n) is 11.9. The molecule has 6 heteroatoms. The van der Waals surface area contributed by atoms with E-state index < -0.39 is 11.7 Å². The third-order valence-electron chi connectivity index (χ3n) is 2.74. The molecule has 0 atom stereocenters. The number of hydrogen-bond acceptors (Lipinski definition) is 3. The van der Waals surface area contributed by atoms with Gasteiger partial charge >= 0.3 is 0 Å². The molecule has 0 spiro atoms. The molecule has 0 aliphatic rings. The fourth-order valence-corrected chi connectivity index (χ4v) is 1.98. The minimum absolute atomic E-state index is 0.156. The van der Waals surface area contributed by atoms with Crippen LogP contribution in [0.4, 0.5) is 10.1 Å². The molecule has 0 aromatic heterocycles. The molecule has 4 nitrogen and oxygen atoms in total. The first-order valence-electron chi connectivity index (χ1n) is 6.69. The van der Waals surface area contributed by atoms with Crippen molar-refractivity contribution in [3.05, 3.63) is 59.9 Å². The molecule has 0 radical (unpaired) electrons. The Balaban J connectivity index is 1.96. The average Bonchev–Trinajstić information content (AvgIpc) is 2.48. The van der Waals surface area contributed by atoms with Crippen LogP contribution in [0.15, 0.2) is 48.5 Å². The van der Waals surface area contributed by atoms with E-state index in [9.17, 15) is 9.18 Å². The number of benzene rings is 2. The van der Waals surface area contributed by atoms with Crippen LogP contribution in [0, 0.1) is 5.82 Å². The van der Waals surface area contributed by atoms with Crippen molar-refractivity contribution >= 4 is 28.9 Å². The largest absolute Gasteiger partial charge is 0.494 e. The van der Waals surface area contributed by atoms with E-state index in [0.717, 1.165) is 0 Å². The lowest BCUT2D eigenvalue weighted by Crippen LogP contribution is -2.34. The zero-order chi connectivity index (χ0) is 15.9. The highest BCUT2D eigenvalue weighted by molar-refractivity contribution is 7.80. The van der Waals surface area contributed by atoms with Gasteiger partial charge in [0.15, 0.2) is 5.11 Å². The van der Waals surface area contributed by atoms with E-state index in [1.807, 2.05) is 19.1 Å². The Morgan fingerprint density at radius 3 is 2.64 bits per heavy atom. The number of hydrogen-bond donors (Lipinski definition) is 2. The number of carbonyl (C=O) groups is 1. The molecule has 0 heterocycles. The minimum atomic E-state index is -0.404. The molecule has 2 N–H and O–H groups in total. The lowest BCUT2D eigenvalue weighted by atomic mass is 10.2. The van der Waals surface area contributed by atoms with E-state index in [1.54, 1.807) is 12.1 Å². The van der Waals surface area contributed by atoms with Gasteiger partial charge in [-0.15, -0.1) is 0 Å². The molecule has 2 aromatic carbocycles. The molecule has 2 aromatic rings. The Bertz CT molecular complexity index is 674. The summed E-state index contributed by atoms with van der Waals surface area (Å²) in [4.78, 5) is 11.9. The van der Waals surface area contributed by atoms with Crippen molar-refractivity contribution in [3.8, 4) is 5.75 Å². The number of carbonyl (C=O) groups excluding carboxylic acids is 1. The third-order valence-corrected chi connectivity index (χ3v) is 2.94. The summed E-state index contributed by atoms with van der Waals surface area (Å²) >= 11 is 5.09. The van der Waals surface area contributed by atoms with Crippen molar-refractivity contribution < 1.29 is 13.9 Å². The fourth-order valence-electron chi connectivity index (χ4n) is 1.77. The topological polar surface area (TPSA) is 50.4 Å². The fraction of sp³-hybridized carbons (Fsp3) is 0.125. The second-order valence-corrected chi connectivity index (χ2v) is 4.78. The highest BCUT2D eigenvalue weighted by Gasteiger charge is 2.08. The Morgan fingerprint density at radius 2 is 1.95 bits per heavy atom. The van der Waals surface area contributed by atoms with Crippen LogP contribution < -0.4 is 15.4 Å². The summed E-state index contributed by atoms with van der Waals surface area (Å²) in [6.45, 7) is 2.46. The summed E-state index contributed by atoms with van der Waals surface area (Å²) in [5, 5.41) is 5.59. The standard InChI is InChI=1S/C16H15FN2O2S/c1-2-21-14-5-3-4-13(10-14)18-16(22)19-15(20)11-6-8-12(17)9-7-11/h3-10H,2H2,1H3,(H2,18,19,20,22). The lowest BCUT2D eigenvalue weighted by molar-refractivity contribution is 0.0977. The van der Waals surface area contributed by atoms with E-state index in [0.29, 0.717) is 23.6 Å². The molecule has 0 fully saturated rings. The van der Waals surface area contributed by atoms with Gasteiger partial charge in [0.05, 0.1) is 6.61 Å². The van der Waals surface area contributed by atoms with Gasteiger partial charge in [0, 0.05) is 17.3 Å². The smallest absolute Gasteiger partial charge is 0.257 e. The maximum Gasteiger partial charge on any atom is 0.257 e. The van der Waals surface area contributed by atoms with E-state index in [4.69, 9.17) is 17.0 Å². The van der Waals surface area contributed by atoms with Gasteiger partial charge in [-0.25, -0.2) is 4.39 Å². The number of nitrogens with one attached hydrogen (secondary N) is 2. The van der Waals surface area contributed by atoms with Crippen molar-refractivity contribution in [2.75, 3.05) is 11.9 Å². The Hall–Kier alpha value is -2.47. The maximum absolute atomic E-state index is 12.8. The highest BCUT2D eigenvalue weighted by atomic mass is 32.1. The van der Waals surface area contributed by atoms with Crippen LogP contribution in [-0.2, 0) is 0 Å². The van der Waals surface area contributed by atoms with Gasteiger partial charge in [-0.05, 0) is 55.5 Å². The summed E-state index contributed by atoms with van der Waals surface area (Å²) in [5.41, 5.74) is 1.03. The first-order valence-corrected chi connectivity index (χ1v) is 7.10. The van der Waals surface area contributed by atoms with E-state index in [-0.39, 0.29) is 5.11 Å². The number of ether oxygens (including phenoxy) is 1. The number of halogens is 1. The molecule has 22 heavy (non-hydrogen) atoms. The Morgan fingerprint density at radius 1 is 1.23 bits per heavy atom.